The number of aryl methyl sites for hydroxylation is 1. The minimum atomic E-state index is -0.635. The smallest absolute Gasteiger partial charge is 0.123 e. The van der Waals surface area contributed by atoms with Crippen molar-refractivity contribution in [2.45, 2.75) is 31.8 Å². The molecule has 2 aromatic carbocycles. The number of β-amino-alcohol motifs (C(OH)–C–C–N with tert-alkyl or cyclic N) is 1. The number of hydrogen-bond donors (Lipinski definition) is 2. The summed E-state index contributed by atoms with van der Waals surface area (Å²) >= 11 is 0. The Morgan fingerprint density at radius 3 is 2.48 bits per heavy atom. The van der Waals surface area contributed by atoms with Crippen molar-refractivity contribution in [1.29, 1.82) is 0 Å². The van der Waals surface area contributed by atoms with Crippen LogP contribution in [-0.2, 0) is 6.42 Å². The second kappa shape index (κ2) is 8.45. The van der Waals surface area contributed by atoms with E-state index in [1.165, 1.54) is 17.7 Å². The number of piperidine rings is 1. The van der Waals surface area contributed by atoms with E-state index < -0.39 is 6.10 Å². The van der Waals surface area contributed by atoms with Crippen molar-refractivity contribution in [3.8, 4) is 5.75 Å². The Bertz CT molecular complexity index is 666. The molecule has 0 aromatic heterocycles. The molecule has 4 heteroatoms. The number of phenolic OH excluding ortho intramolecular Hbond substituents is 1. The molecular weight excluding hydrogens is 317 g/mol. The molecule has 0 saturated carbocycles. The molecule has 1 fully saturated rings. The lowest BCUT2D eigenvalue weighted by Crippen LogP contribution is -2.36. The van der Waals surface area contributed by atoms with Gasteiger partial charge in [-0.05, 0) is 80.1 Å². The third-order valence-corrected chi connectivity index (χ3v) is 5.15. The zero-order chi connectivity index (χ0) is 17.6. The quantitative estimate of drug-likeness (QED) is 0.836. The van der Waals surface area contributed by atoms with Crippen LogP contribution in [0.4, 0.5) is 4.39 Å². The number of benzene rings is 2. The zero-order valence-electron chi connectivity index (χ0n) is 14.4. The Labute approximate surface area is 148 Å². The molecule has 3 nitrogen and oxygen atoms in total. The minimum Gasteiger partial charge on any atom is -0.508 e. The number of aliphatic hydroxyl groups excluding tert-OH is 1. The van der Waals surface area contributed by atoms with Gasteiger partial charge in [-0.2, -0.15) is 0 Å². The van der Waals surface area contributed by atoms with Gasteiger partial charge < -0.3 is 15.1 Å². The summed E-state index contributed by atoms with van der Waals surface area (Å²) < 4.78 is 13.3. The highest BCUT2D eigenvalue weighted by molar-refractivity contribution is 5.26. The van der Waals surface area contributed by atoms with Gasteiger partial charge in [-0.3, -0.25) is 0 Å². The molecule has 0 aliphatic carbocycles. The molecule has 134 valence electrons. The predicted octanol–water partition coefficient (Wildman–Crippen LogP) is 3.91. The first-order chi connectivity index (χ1) is 12.1. The van der Waals surface area contributed by atoms with E-state index in [1.54, 1.807) is 24.3 Å². The second-order valence-electron chi connectivity index (χ2n) is 7.02. The molecule has 1 saturated heterocycles. The molecule has 25 heavy (non-hydrogen) atoms. The SMILES string of the molecule is Oc1ccc(CCC2CCN(CC(O)c3cccc(F)c3)CC2)cc1. The van der Waals surface area contributed by atoms with Gasteiger partial charge in [0.15, 0.2) is 0 Å². The van der Waals surface area contributed by atoms with Crippen molar-refractivity contribution in [3.63, 3.8) is 0 Å². The molecule has 2 N–H and O–H groups in total. The van der Waals surface area contributed by atoms with Gasteiger partial charge in [-0.25, -0.2) is 4.39 Å². The summed E-state index contributed by atoms with van der Waals surface area (Å²) in [5.74, 6) is 0.717. The molecule has 1 unspecified atom stereocenters. The van der Waals surface area contributed by atoms with Gasteiger partial charge >= 0.3 is 0 Å². The van der Waals surface area contributed by atoms with E-state index in [2.05, 4.69) is 4.90 Å². The van der Waals surface area contributed by atoms with Gasteiger partial charge in [0, 0.05) is 6.54 Å². The Morgan fingerprint density at radius 2 is 1.80 bits per heavy atom. The van der Waals surface area contributed by atoms with Crippen molar-refractivity contribution in [1.82, 2.24) is 4.90 Å². The van der Waals surface area contributed by atoms with Gasteiger partial charge in [0.05, 0.1) is 6.10 Å². The fraction of sp³-hybridized carbons (Fsp3) is 0.429. The van der Waals surface area contributed by atoms with Crippen LogP contribution in [0.5, 0.6) is 5.75 Å². The van der Waals surface area contributed by atoms with Crippen molar-refractivity contribution < 1.29 is 14.6 Å². The van der Waals surface area contributed by atoms with Gasteiger partial charge in [-0.1, -0.05) is 24.3 Å². The Balaban J connectivity index is 1.41. The van der Waals surface area contributed by atoms with Crippen LogP contribution in [-0.4, -0.2) is 34.7 Å². The van der Waals surface area contributed by atoms with E-state index in [0.29, 0.717) is 23.8 Å². The van der Waals surface area contributed by atoms with E-state index >= 15 is 0 Å². The molecule has 1 aliphatic heterocycles. The highest BCUT2D eigenvalue weighted by Gasteiger charge is 2.21. The van der Waals surface area contributed by atoms with Crippen LogP contribution in [0.25, 0.3) is 0 Å². The third-order valence-electron chi connectivity index (χ3n) is 5.15. The van der Waals surface area contributed by atoms with Gasteiger partial charge in [0.25, 0.3) is 0 Å². The van der Waals surface area contributed by atoms with Crippen LogP contribution < -0.4 is 0 Å². The molecule has 3 rings (SSSR count). The largest absolute Gasteiger partial charge is 0.508 e. The molecular formula is C21H26FNO2. The maximum absolute atomic E-state index is 13.3. The van der Waals surface area contributed by atoms with Gasteiger partial charge in [0.1, 0.15) is 11.6 Å². The summed E-state index contributed by atoms with van der Waals surface area (Å²) in [6, 6.07) is 13.7. The van der Waals surface area contributed by atoms with Crippen LogP contribution in [0.15, 0.2) is 48.5 Å². The first-order valence-corrected chi connectivity index (χ1v) is 9.04. The van der Waals surface area contributed by atoms with Crippen LogP contribution in [0.2, 0.25) is 0 Å². The molecule has 0 spiro atoms. The van der Waals surface area contributed by atoms with Crippen LogP contribution in [0.3, 0.4) is 0 Å². The van der Waals surface area contributed by atoms with Crippen molar-refractivity contribution in [2.75, 3.05) is 19.6 Å². The van der Waals surface area contributed by atoms with Crippen molar-refractivity contribution in [2.24, 2.45) is 5.92 Å². The number of hydrogen-bond acceptors (Lipinski definition) is 3. The maximum Gasteiger partial charge on any atom is 0.123 e. The summed E-state index contributed by atoms with van der Waals surface area (Å²) in [4.78, 5) is 2.27. The number of nitrogens with zero attached hydrogens (tertiary/aromatic N) is 1. The van der Waals surface area contributed by atoms with Crippen molar-refractivity contribution in [3.05, 3.63) is 65.5 Å². The number of phenols is 1. The number of rotatable bonds is 6. The van der Waals surface area contributed by atoms with E-state index in [-0.39, 0.29) is 5.82 Å². The number of aliphatic hydroxyl groups is 1. The van der Waals surface area contributed by atoms with E-state index in [0.717, 1.165) is 38.8 Å². The average molecular weight is 343 g/mol. The van der Waals surface area contributed by atoms with Crippen LogP contribution >= 0.6 is 0 Å². The third kappa shape index (κ3) is 5.28. The number of likely N-dealkylation sites (tertiary alicyclic amines) is 1. The minimum absolute atomic E-state index is 0.301. The molecule has 0 bridgehead atoms. The fourth-order valence-corrected chi connectivity index (χ4v) is 3.55. The molecule has 0 radical (unpaired) electrons. The summed E-state index contributed by atoms with van der Waals surface area (Å²) in [6.07, 6.45) is 3.83. The molecule has 1 atom stereocenters. The Hall–Kier alpha value is -1.91. The summed E-state index contributed by atoms with van der Waals surface area (Å²) in [5.41, 5.74) is 1.91. The Morgan fingerprint density at radius 1 is 1.08 bits per heavy atom. The lowest BCUT2D eigenvalue weighted by Gasteiger charge is -2.33. The molecule has 1 heterocycles. The summed E-state index contributed by atoms with van der Waals surface area (Å²) in [6.45, 7) is 2.52. The monoisotopic (exact) mass is 343 g/mol. The van der Waals surface area contributed by atoms with Gasteiger partial charge in [-0.15, -0.1) is 0 Å². The highest BCUT2D eigenvalue weighted by atomic mass is 19.1. The van der Waals surface area contributed by atoms with E-state index in [9.17, 15) is 14.6 Å². The first-order valence-electron chi connectivity index (χ1n) is 9.04. The average Bonchev–Trinajstić information content (AvgIpc) is 2.62. The normalized spacial score (nSPS) is 17.5. The van der Waals surface area contributed by atoms with E-state index in [1.807, 2.05) is 12.1 Å². The summed E-state index contributed by atoms with van der Waals surface area (Å²) in [7, 11) is 0. The second-order valence-corrected chi connectivity index (χ2v) is 7.02. The first kappa shape index (κ1) is 17.9. The van der Waals surface area contributed by atoms with Gasteiger partial charge in [0.2, 0.25) is 0 Å². The predicted molar refractivity (Wildman–Crippen MR) is 97.0 cm³/mol. The maximum atomic E-state index is 13.3. The zero-order valence-corrected chi connectivity index (χ0v) is 14.4. The lowest BCUT2D eigenvalue weighted by molar-refractivity contribution is 0.0879. The molecule has 0 amide bonds. The topological polar surface area (TPSA) is 43.7 Å². The molecule has 2 aromatic rings. The van der Waals surface area contributed by atoms with Crippen molar-refractivity contribution >= 4 is 0 Å². The summed E-state index contributed by atoms with van der Waals surface area (Å²) in [5, 5.41) is 19.6. The standard InChI is InChI=1S/C21H26FNO2/c22-19-3-1-2-18(14-19)21(25)15-23-12-10-17(11-13-23)5-4-16-6-8-20(24)9-7-16/h1-3,6-9,14,17,21,24-25H,4-5,10-13,15H2. The number of halogens is 1. The fourth-order valence-electron chi connectivity index (χ4n) is 3.55. The van der Waals surface area contributed by atoms with Crippen LogP contribution in [0.1, 0.15) is 36.5 Å². The number of aromatic hydroxyl groups is 1. The molecule has 1 aliphatic rings. The Kier molecular flexibility index (Phi) is 6.05. The van der Waals surface area contributed by atoms with E-state index in [4.69, 9.17) is 0 Å². The lowest BCUT2D eigenvalue weighted by atomic mass is 9.90. The highest BCUT2D eigenvalue weighted by Crippen LogP contribution is 2.25. The van der Waals surface area contributed by atoms with Crippen LogP contribution in [0, 0.1) is 11.7 Å².